The minimum Gasteiger partial charge on any atom is -0.383 e. The fourth-order valence-corrected chi connectivity index (χ4v) is 3.20. The summed E-state index contributed by atoms with van der Waals surface area (Å²) in [6.07, 6.45) is 1.88. The molecule has 3 heterocycles. The largest absolute Gasteiger partial charge is 0.383 e. The van der Waals surface area contributed by atoms with Crippen LogP contribution in [-0.4, -0.2) is 28.3 Å². The van der Waals surface area contributed by atoms with E-state index in [1.54, 1.807) is 18.4 Å². The standard InChI is InChI=1S/C17H19N3OS/c1-12-4-6-14(10-18-12)17-19-15(11-22-17)16-7-5-13(2)20(16)8-9-21-3/h4-7,10-11H,8-9H2,1-3H3. The zero-order chi connectivity index (χ0) is 15.5. The van der Waals surface area contributed by atoms with Crippen molar-refractivity contribution in [3.05, 3.63) is 47.2 Å². The smallest absolute Gasteiger partial charge is 0.125 e. The first-order valence-corrected chi connectivity index (χ1v) is 8.11. The van der Waals surface area contributed by atoms with Gasteiger partial charge in [-0.1, -0.05) is 0 Å². The predicted molar refractivity (Wildman–Crippen MR) is 90.1 cm³/mol. The van der Waals surface area contributed by atoms with Crippen LogP contribution in [0.2, 0.25) is 0 Å². The molecule has 4 nitrogen and oxygen atoms in total. The van der Waals surface area contributed by atoms with E-state index >= 15 is 0 Å². The maximum absolute atomic E-state index is 5.20. The molecule has 0 amide bonds. The fourth-order valence-electron chi connectivity index (χ4n) is 2.39. The molecular formula is C17H19N3OS. The van der Waals surface area contributed by atoms with E-state index in [0.717, 1.165) is 34.2 Å². The molecule has 0 fully saturated rings. The summed E-state index contributed by atoms with van der Waals surface area (Å²) in [5, 5.41) is 3.10. The van der Waals surface area contributed by atoms with Crippen molar-refractivity contribution in [2.45, 2.75) is 20.4 Å². The molecule has 0 spiro atoms. The molecule has 0 unspecified atom stereocenters. The van der Waals surface area contributed by atoms with E-state index in [1.165, 1.54) is 5.69 Å². The van der Waals surface area contributed by atoms with E-state index in [0.29, 0.717) is 6.61 Å². The fraction of sp³-hybridized carbons (Fsp3) is 0.294. The van der Waals surface area contributed by atoms with Gasteiger partial charge in [-0.15, -0.1) is 11.3 Å². The minimum atomic E-state index is 0.696. The molecule has 3 aromatic rings. The molecule has 0 aliphatic heterocycles. The highest BCUT2D eigenvalue weighted by atomic mass is 32.1. The Morgan fingerprint density at radius 1 is 1.18 bits per heavy atom. The minimum absolute atomic E-state index is 0.696. The highest BCUT2D eigenvalue weighted by Gasteiger charge is 2.12. The summed E-state index contributed by atoms with van der Waals surface area (Å²) in [6.45, 7) is 5.63. The second kappa shape index (κ2) is 6.42. The Morgan fingerprint density at radius 2 is 2.05 bits per heavy atom. The highest BCUT2D eigenvalue weighted by molar-refractivity contribution is 7.13. The third-order valence-electron chi connectivity index (χ3n) is 3.64. The van der Waals surface area contributed by atoms with Gasteiger partial charge in [0.1, 0.15) is 5.01 Å². The molecule has 0 bridgehead atoms. The molecule has 3 rings (SSSR count). The Bertz CT molecular complexity index is 759. The van der Waals surface area contributed by atoms with Gasteiger partial charge in [0.2, 0.25) is 0 Å². The van der Waals surface area contributed by atoms with Crippen LogP contribution in [0.4, 0.5) is 0 Å². The Balaban J connectivity index is 1.92. The third-order valence-corrected chi connectivity index (χ3v) is 4.53. The maximum Gasteiger partial charge on any atom is 0.125 e. The molecule has 0 atom stereocenters. The van der Waals surface area contributed by atoms with E-state index in [-0.39, 0.29) is 0 Å². The summed E-state index contributed by atoms with van der Waals surface area (Å²) in [5.41, 5.74) is 5.44. The van der Waals surface area contributed by atoms with Gasteiger partial charge in [-0.3, -0.25) is 4.98 Å². The Morgan fingerprint density at radius 3 is 2.77 bits per heavy atom. The van der Waals surface area contributed by atoms with Gasteiger partial charge in [-0.25, -0.2) is 4.98 Å². The van der Waals surface area contributed by atoms with Crippen LogP contribution in [0.15, 0.2) is 35.8 Å². The monoisotopic (exact) mass is 313 g/mol. The van der Waals surface area contributed by atoms with Gasteiger partial charge in [0, 0.05) is 42.2 Å². The second-order valence-corrected chi connectivity index (χ2v) is 6.09. The van der Waals surface area contributed by atoms with Crippen molar-refractivity contribution in [3.8, 4) is 22.0 Å². The molecule has 0 radical (unpaired) electrons. The zero-order valence-electron chi connectivity index (χ0n) is 13.0. The first-order valence-electron chi connectivity index (χ1n) is 7.23. The number of aromatic nitrogens is 3. The summed E-state index contributed by atoms with van der Waals surface area (Å²) in [5.74, 6) is 0. The number of ether oxygens (including phenoxy) is 1. The van der Waals surface area contributed by atoms with Crippen molar-refractivity contribution < 1.29 is 4.74 Å². The number of hydrogen-bond acceptors (Lipinski definition) is 4. The molecule has 3 aromatic heterocycles. The van der Waals surface area contributed by atoms with Crippen LogP contribution in [0.1, 0.15) is 11.4 Å². The van der Waals surface area contributed by atoms with E-state index < -0.39 is 0 Å². The van der Waals surface area contributed by atoms with Crippen LogP contribution in [0.3, 0.4) is 0 Å². The number of aryl methyl sites for hydroxylation is 2. The van der Waals surface area contributed by atoms with Crippen molar-refractivity contribution in [2.24, 2.45) is 0 Å². The third kappa shape index (κ3) is 2.96. The number of thiazole rings is 1. The van der Waals surface area contributed by atoms with Crippen LogP contribution >= 0.6 is 11.3 Å². The summed E-state index contributed by atoms with van der Waals surface area (Å²) in [4.78, 5) is 9.12. The quantitative estimate of drug-likeness (QED) is 0.716. The summed E-state index contributed by atoms with van der Waals surface area (Å²) >= 11 is 1.65. The molecule has 22 heavy (non-hydrogen) atoms. The zero-order valence-corrected chi connectivity index (χ0v) is 13.9. The molecule has 5 heteroatoms. The topological polar surface area (TPSA) is 39.9 Å². The number of pyridine rings is 1. The van der Waals surface area contributed by atoms with Gasteiger partial charge in [0.15, 0.2) is 0 Å². The van der Waals surface area contributed by atoms with E-state index in [1.807, 2.05) is 19.2 Å². The highest BCUT2D eigenvalue weighted by Crippen LogP contribution is 2.29. The van der Waals surface area contributed by atoms with E-state index in [4.69, 9.17) is 9.72 Å². The molecule has 0 N–H and O–H groups in total. The molecule has 0 saturated carbocycles. The number of nitrogens with zero attached hydrogens (tertiary/aromatic N) is 3. The SMILES string of the molecule is COCCn1c(C)ccc1-c1csc(-c2ccc(C)nc2)n1. The van der Waals surface area contributed by atoms with E-state index in [2.05, 4.69) is 40.1 Å². The number of methoxy groups -OCH3 is 1. The van der Waals surface area contributed by atoms with Crippen LogP contribution in [0.5, 0.6) is 0 Å². The van der Waals surface area contributed by atoms with Crippen LogP contribution in [-0.2, 0) is 11.3 Å². The van der Waals surface area contributed by atoms with Crippen molar-refractivity contribution in [2.75, 3.05) is 13.7 Å². The normalized spacial score (nSPS) is 11.0. The predicted octanol–water partition coefficient (Wildman–Crippen LogP) is 3.94. The second-order valence-electron chi connectivity index (χ2n) is 5.23. The van der Waals surface area contributed by atoms with Gasteiger partial charge in [-0.2, -0.15) is 0 Å². The molecule has 0 aliphatic carbocycles. The van der Waals surface area contributed by atoms with Crippen LogP contribution < -0.4 is 0 Å². The van der Waals surface area contributed by atoms with Crippen molar-refractivity contribution in [1.82, 2.24) is 14.5 Å². The number of hydrogen-bond donors (Lipinski definition) is 0. The number of rotatable bonds is 5. The van der Waals surface area contributed by atoms with Gasteiger partial charge >= 0.3 is 0 Å². The Hall–Kier alpha value is -1.98. The van der Waals surface area contributed by atoms with Gasteiger partial charge < -0.3 is 9.30 Å². The van der Waals surface area contributed by atoms with Crippen LogP contribution in [0, 0.1) is 13.8 Å². The van der Waals surface area contributed by atoms with Gasteiger partial charge in [0.25, 0.3) is 0 Å². The Kier molecular flexibility index (Phi) is 4.36. The van der Waals surface area contributed by atoms with E-state index in [9.17, 15) is 0 Å². The lowest BCUT2D eigenvalue weighted by Gasteiger charge is -2.09. The van der Waals surface area contributed by atoms with Gasteiger partial charge in [-0.05, 0) is 38.1 Å². The summed E-state index contributed by atoms with van der Waals surface area (Å²) in [6, 6.07) is 8.33. The van der Waals surface area contributed by atoms with Crippen molar-refractivity contribution >= 4 is 11.3 Å². The lowest BCUT2D eigenvalue weighted by molar-refractivity contribution is 0.187. The summed E-state index contributed by atoms with van der Waals surface area (Å²) < 4.78 is 7.45. The lowest BCUT2D eigenvalue weighted by atomic mass is 10.2. The summed E-state index contributed by atoms with van der Waals surface area (Å²) in [7, 11) is 1.73. The lowest BCUT2D eigenvalue weighted by Crippen LogP contribution is -2.07. The molecule has 0 aliphatic rings. The van der Waals surface area contributed by atoms with Gasteiger partial charge in [0.05, 0.1) is 18.0 Å². The molecular weight excluding hydrogens is 294 g/mol. The van der Waals surface area contributed by atoms with Crippen LogP contribution in [0.25, 0.3) is 22.0 Å². The first kappa shape index (κ1) is 14.9. The average molecular weight is 313 g/mol. The van der Waals surface area contributed by atoms with Crippen molar-refractivity contribution in [3.63, 3.8) is 0 Å². The average Bonchev–Trinajstić information content (AvgIpc) is 3.13. The molecule has 0 saturated heterocycles. The Labute approximate surface area is 134 Å². The van der Waals surface area contributed by atoms with Crippen molar-refractivity contribution in [1.29, 1.82) is 0 Å². The molecule has 114 valence electrons. The maximum atomic E-state index is 5.20. The molecule has 0 aromatic carbocycles. The first-order chi connectivity index (χ1) is 10.7.